The van der Waals surface area contributed by atoms with Gasteiger partial charge in [-0.2, -0.15) is 5.26 Å². The number of likely N-dealkylation sites (tertiary alicyclic amines) is 1. The molecule has 0 radical (unpaired) electrons. The Hall–Kier alpha value is -2.64. The van der Waals surface area contributed by atoms with Gasteiger partial charge in [-0.1, -0.05) is 18.2 Å². The summed E-state index contributed by atoms with van der Waals surface area (Å²) in [6.45, 7) is 3.16. The smallest absolute Gasteiger partial charge is 0.123 e. The van der Waals surface area contributed by atoms with E-state index in [1.165, 1.54) is 23.1 Å². The molecule has 2 heterocycles. The second kappa shape index (κ2) is 7.31. The van der Waals surface area contributed by atoms with Crippen LogP contribution in [-0.4, -0.2) is 29.1 Å². The zero-order chi connectivity index (χ0) is 17.9. The number of aromatic nitrogens is 1. The molecule has 1 fully saturated rings. The molecule has 0 amide bonds. The van der Waals surface area contributed by atoms with Gasteiger partial charge in [-0.3, -0.25) is 0 Å². The first-order chi connectivity index (χ1) is 12.7. The lowest BCUT2D eigenvalue weighted by atomic mass is 10.0. The molecule has 3 aromatic rings. The highest BCUT2D eigenvalue weighted by Crippen LogP contribution is 2.28. The predicted molar refractivity (Wildman–Crippen MR) is 101 cm³/mol. The molecule has 0 atom stereocenters. The molecule has 0 N–H and O–H groups in total. The Kier molecular flexibility index (Phi) is 4.73. The van der Waals surface area contributed by atoms with Crippen LogP contribution in [0, 0.1) is 17.1 Å². The zero-order valence-corrected chi connectivity index (χ0v) is 14.7. The Bertz CT molecular complexity index is 928. The molecular formula is C22H22FN3. The van der Waals surface area contributed by atoms with Gasteiger partial charge >= 0.3 is 0 Å². The molecule has 0 aliphatic carbocycles. The molecule has 1 saturated heterocycles. The highest BCUT2D eigenvalue weighted by molar-refractivity contribution is 5.81. The van der Waals surface area contributed by atoms with Crippen LogP contribution in [-0.2, 0) is 6.42 Å². The maximum absolute atomic E-state index is 13.0. The quantitative estimate of drug-likeness (QED) is 0.694. The van der Waals surface area contributed by atoms with Gasteiger partial charge in [0.1, 0.15) is 5.82 Å². The van der Waals surface area contributed by atoms with Crippen molar-refractivity contribution in [2.75, 3.05) is 19.6 Å². The van der Waals surface area contributed by atoms with Gasteiger partial charge in [0.05, 0.1) is 11.6 Å². The first-order valence-corrected chi connectivity index (χ1v) is 9.20. The molecule has 0 bridgehead atoms. The summed E-state index contributed by atoms with van der Waals surface area (Å²) < 4.78 is 15.3. The van der Waals surface area contributed by atoms with E-state index in [0.717, 1.165) is 44.4 Å². The molecule has 132 valence electrons. The molecular weight excluding hydrogens is 325 g/mol. The van der Waals surface area contributed by atoms with E-state index in [4.69, 9.17) is 5.26 Å². The third-order valence-corrected chi connectivity index (χ3v) is 5.43. The van der Waals surface area contributed by atoms with Crippen molar-refractivity contribution in [2.24, 2.45) is 0 Å². The lowest BCUT2D eigenvalue weighted by molar-refractivity contribution is 0.190. The van der Waals surface area contributed by atoms with Crippen molar-refractivity contribution in [3.05, 3.63) is 71.7 Å². The average molecular weight is 347 g/mol. The summed E-state index contributed by atoms with van der Waals surface area (Å²) in [6, 6.07) is 17.6. The van der Waals surface area contributed by atoms with Gasteiger partial charge in [-0.05, 0) is 60.5 Å². The Morgan fingerprint density at radius 1 is 1.04 bits per heavy atom. The number of nitrogens with zero attached hydrogens (tertiary/aromatic N) is 3. The summed E-state index contributed by atoms with van der Waals surface area (Å²) in [7, 11) is 0. The van der Waals surface area contributed by atoms with Gasteiger partial charge in [-0.15, -0.1) is 0 Å². The largest absolute Gasteiger partial charge is 0.344 e. The Balaban J connectivity index is 1.38. The number of rotatable bonds is 4. The van der Waals surface area contributed by atoms with Crippen LogP contribution >= 0.6 is 0 Å². The van der Waals surface area contributed by atoms with Crippen LogP contribution < -0.4 is 0 Å². The van der Waals surface area contributed by atoms with Crippen LogP contribution in [0.1, 0.15) is 30.0 Å². The van der Waals surface area contributed by atoms with E-state index in [2.05, 4.69) is 27.8 Å². The van der Waals surface area contributed by atoms with Crippen LogP contribution in [0.5, 0.6) is 0 Å². The molecule has 1 aromatic heterocycles. The topological polar surface area (TPSA) is 32.0 Å². The third-order valence-electron chi connectivity index (χ3n) is 5.43. The number of hydrogen-bond donors (Lipinski definition) is 0. The average Bonchev–Trinajstić information content (AvgIpc) is 3.11. The van der Waals surface area contributed by atoms with E-state index >= 15 is 0 Å². The van der Waals surface area contributed by atoms with E-state index in [1.807, 2.05) is 30.3 Å². The predicted octanol–water partition coefficient (Wildman–Crippen LogP) is 4.53. The first kappa shape index (κ1) is 16.8. The van der Waals surface area contributed by atoms with Gasteiger partial charge in [0, 0.05) is 37.4 Å². The van der Waals surface area contributed by atoms with Gasteiger partial charge in [0.25, 0.3) is 0 Å². The summed E-state index contributed by atoms with van der Waals surface area (Å²) in [5.74, 6) is -0.173. The van der Waals surface area contributed by atoms with Gasteiger partial charge in [0.15, 0.2) is 0 Å². The fourth-order valence-corrected chi connectivity index (χ4v) is 3.90. The number of halogens is 1. The molecule has 0 saturated carbocycles. The standard InChI is InChI=1S/C22H22FN3/c23-20-5-2-17(3-6-20)7-11-25-12-9-21(10-13-25)26-14-8-19-4-1-18(16-24)15-22(19)26/h1-6,8,14-15,21H,7,9-13H2. The van der Waals surface area contributed by atoms with Crippen molar-refractivity contribution in [3.63, 3.8) is 0 Å². The minimum absolute atomic E-state index is 0.173. The summed E-state index contributed by atoms with van der Waals surface area (Å²) in [6.07, 6.45) is 5.35. The molecule has 1 aliphatic rings. The van der Waals surface area contributed by atoms with Gasteiger partial charge in [-0.25, -0.2) is 4.39 Å². The minimum atomic E-state index is -0.173. The third kappa shape index (κ3) is 3.49. The van der Waals surface area contributed by atoms with Crippen molar-refractivity contribution in [1.82, 2.24) is 9.47 Å². The first-order valence-electron chi connectivity index (χ1n) is 9.20. The van der Waals surface area contributed by atoms with Crippen LogP contribution in [0.4, 0.5) is 4.39 Å². The fourth-order valence-electron chi connectivity index (χ4n) is 3.90. The van der Waals surface area contributed by atoms with Crippen molar-refractivity contribution in [2.45, 2.75) is 25.3 Å². The van der Waals surface area contributed by atoms with E-state index in [1.54, 1.807) is 0 Å². The molecule has 1 aliphatic heterocycles. The van der Waals surface area contributed by atoms with Crippen molar-refractivity contribution < 1.29 is 4.39 Å². The number of piperidine rings is 1. The number of hydrogen-bond acceptors (Lipinski definition) is 2. The van der Waals surface area contributed by atoms with Crippen LogP contribution in [0.15, 0.2) is 54.7 Å². The maximum Gasteiger partial charge on any atom is 0.123 e. The van der Waals surface area contributed by atoms with Crippen LogP contribution in [0.25, 0.3) is 10.9 Å². The lowest BCUT2D eigenvalue weighted by Crippen LogP contribution is -2.35. The van der Waals surface area contributed by atoms with E-state index < -0.39 is 0 Å². The normalized spacial score (nSPS) is 16.0. The summed E-state index contributed by atoms with van der Waals surface area (Å²) in [5, 5.41) is 10.3. The van der Waals surface area contributed by atoms with Crippen LogP contribution in [0.2, 0.25) is 0 Å². The molecule has 2 aromatic carbocycles. The SMILES string of the molecule is N#Cc1ccc2ccn(C3CCN(CCc4ccc(F)cc4)CC3)c2c1. The minimum Gasteiger partial charge on any atom is -0.344 e. The Morgan fingerprint density at radius 3 is 2.54 bits per heavy atom. The Labute approximate surface area is 153 Å². The molecule has 4 rings (SSSR count). The molecule has 4 heteroatoms. The number of fused-ring (bicyclic) bond motifs is 1. The molecule has 26 heavy (non-hydrogen) atoms. The highest BCUT2D eigenvalue weighted by Gasteiger charge is 2.21. The monoisotopic (exact) mass is 347 g/mol. The summed E-state index contributed by atoms with van der Waals surface area (Å²) in [5.41, 5.74) is 3.07. The Morgan fingerprint density at radius 2 is 1.81 bits per heavy atom. The molecule has 0 spiro atoms. The van der Waals surface area contributed by atoms with Crippen LogP contribution in [0.3, 0.4) is 0 Å². The fraction of sp³-hybridized carbons (Fsp3) is 0.318. The maximum atomic E-state index is 13.0. The number of nitriles is 1. The number of benzene rings is 2. The van der Waals surface area contributed by atoms with Crippen molar-refractivity contribution >= 4 is 10.9 Å². The van der Waals surface area contributed by atoms with Crippen molar-refractivity contribution in [3.8, 4) is 6.07 Å². The lowest BCUT2D eigenvalue weighted by Gasteiger charge is -2.33. The van der Waals surface area contributed by atoms with E-state index in [0.29, 0.717) is 11.6 Å². The van der Waals surface area contributed by atoms with E-state index in [-0.39, 0.29) is 5.82 Å². The second-order valence-electron chi connectivity index (χ2n) is 7.06. The van der Waals surface area contributed by atoms with Gasteiger partial charge < -0.3 is 9.47 Å². The highest BCUT2D eigenvalue weighted by atomic mass is 19.1. The summed E-state index contributed by atoms with van der Waals surface area (Å²) in [4.78, 5) is 2.49. The zero-order valence-electron chi connectivity index (χ0n) is 14.7. The summed E-state index contributed by atoms with van der Waals surface area (Å²) >= 11 is 0. The van der Waals surface area contributed by atoms with Crippen molar-refractivity contribution in [1.29, 1.82) is 5.26 Å². The van der Waals surface area contributed by atoms with E-state index in [9.17, 15) is 4.39 Å². The molecule has 3 nitrogen and oxygen atoms in total. The molecule has 0 unspecified atom stereocenters. The second-order valence-corrected chi connectivity index (χ2v) is 7.06. The van der Waals surface area contributed by atoms with Gasteiger partial charge in [0.2, 0.25) is 0 Å².